The fourth-order valence-electron chi connectivity index (χ4n) is 2.05. The third-order valence-corrected chi connectivity index (χ3v) is 3.72. The minimum atomic E-state index is 0.0531. The Morgan fingerprint density at radius 1 is 1.45 bits per heavy atom. The van der Waals surface area contributed by atoms with E-state index < -0.39 is 0 Å². The average Bonchev–Trinajstić information content (AvgIpc) is 3.00. The van der Waals surface area contributed by atoms with Gasteiger partial charge in [-0.1, -0.05) is 12.1 Å². The number of nitrogens with zero attached hydrogens (tertiary/aromatic N) is 2. The standard InChI is InChI=1S/C15H14N2O2S/c1-2-19-13-5-3-4-11(8-13)14(18)9-12-10-17-6-7-20-15(17)16-12/h3-8,10H,2,9H2,1H3. The maximum absolute atomic E-state index is 12.3. The molecule has 2 aromatic heterocycles. The van der Waals surface area contributed by atoms with Gasteiger partial charge < -0.3 is 4.74 Å². The van der Waals surface area contributed by atoms with Crippen LogP contribution in [0, 0.1) is 0 Å². The molecule has 5 heteroatoms. The molecule has 0 N–H and O–H groups in total. The predicted molar refractivity (Wildman–Crippen MR) is 78.7 cm³/mol. The van der Waals surface area contributed by atoms with Gasteiger partial charge in [0.15, 0.2) is 10.7 Å². The first-order valence-corrected chi connectivity index (χ1v) is 7.31. The predicted octanol–water partition coefficient (Wildman–Crippen LogP) is 3.22. The molecule has 3 rings (SSSR count). The van der Waals surface area contributed by atoms with Crippen molar-refractivity contribution in [3.05, 3.63) is 53.3 Å². The van der Waals surface area contributed by atoms with E-state index in [0.717, 1.165) is 16.4 Å². The summed E-state index contributed by atoms with van der Waals surface area (Å²) in [5, 5.41) is 1.97. The molecule has 102 valence electrons. The van der Waals surface area contributed by atoms with Gasteiger partial charge in [0.25, 0.3) is 0 Å². The van der Waals surface area contributed by atoms with Crippen molar-refractivity contribution in [1.29, 1.82) is 0 Å². The van der Waals surface area contributed by atoms with Crippen molar-refractivity contribution in [2.45, 2.75) is 13.3 Å². The van der Waals surface area contributed by atoms with Crippen LogP contribution >= 0.6 is 11.3 Å². The topological polar surface area (TPSA) is 43.6 Å². The Kier molecular flexibility index (Phi) is 3.52. The number of Topliss-reactive ketones (excluding diaryl/α,β-unsaturated/α-hetero) is 1. The number of carbonyl (C=O) groups excluding carboxylic acids is 1. The Hall–Kier alpha value is -2.14. The molecule has 0 fully saturated rings. The number of benzene rings is 1. The molecule has 3 aromatic rings. The second-order valence-electron chi connectivity index (χ2n) is 4.39. The number of thiazole rings is 1. The molecule has 0 bridgehead atoms. The van der Waals surface area contributed by atoms with E-state index in [2.05, 4.69) is 4.98 Å². The smallest absolute Gasteiger partial charge is 0.193 e. The summed E-state index contributed by atoms with van der Waals surface area (Å²) in [6.07, 6.45) is 4.15. The Balaban J connectivity index is 1.78. The molecule has 0 atom stereocenters. The van der Waals surface area contributed by atoms with Gasteiger partial charge >= 0.3 is 0 Å². The third kappa shape index (κ3) is 2.58. The molecule has 2 heterocycles. The van der Waals surface area contributed by atoms with Crippen molar-refractivity contribution in [1.82, 2.24) is 9.38 Å². The lowest BCUT2D eigenvalue weighted by Gasteiger charge is -2.04. The van der Waals surface area contributed by atoms with E-state index >= 15 is 0 Å². The minimum Gasteiger partial charge on any atom is -0.494 e. The van der Waals surface area contributed by atoms with Gasteiger partial charge in [-0.3, -0.25) is 9.20 Å². The third-order valence-electron chi connectivity index (χ3n) is 2.95. The van der Waals surface area contributed by atoms with Crippen molar-refractivity contribution in [2.24, 2.45) is 0 Å². The number of hydrogen-bond donors (Lipinski definition) is 0. The van der Waals surface area contributed by atoms with Crippen LogP contribution in [0.3, 0.4) is 0 Å². The van der Waals surface area contributed by atoms with Crippen LogP contribution in [-0.2, 0) is 6.42 Å². The Bertz CT molecular complexity index is 717. The molecule has 4 nitrogen and oxygen atoms in total. The highest BCUT2D eigenvalue weighted by Crippen LogP contribution is 2.16. The van der Waals surface area contributed by atoms with Crippen molar-refractivity contribution in [3.63, 3.8) is 0 Å². The molecule has 0 unspecified atom stereocenters. The maximum atomic E-state index is 12.3. The Labute approximate surface area is 120 Å². The van der Waals surface area contributed by atoms with Crippen molar-refractivity contribution in [3.8, 4) is 5.75 Å². The summed E-state index contributed by atoms with van der Waals surface area (Å²) < 4.78 is 7.35. The molecule has 0 saturated heterocycles. The van der Waals surface area contributed by atoms with E-state index in [9.17, 15) is 4.79 Å². The molecule has 1 aromatic carbocycles. The lowest BCUT2D eigenvalue weighted by molar-refractivity contribution is 0.0991. The fraction of sp³-hybridized carbons (Fsp3) is 0.200. The van der Waals surface area contributed by atoms with E-state index in [1.165, 1.54) is 0 Å². The van der Waals surface area contributed by atoms with Gasteiger partial charge in [-0.15, -0.1) is 11.3 Å². The van der Waals surface area contributed by atoms with E-state index in [4.69, 9.17) is 4.74 Å². The summed E-state index contributed by atoms with van der Waals surface area (Å²) in [7, 11) is 0. The number of imidazole rings is 1. The zero-order valence-corrected chi connectivity index (χ0v) is 11.9. The van der Waals surface area contributed by atoms with Crippen LogP contribution in [0.25, 0.3) is 4.96 Å². The van der Waals surface area contributed by atoms with Crippen molar-refractivity contribution < 1.29 is 9.53 Å². The van der Waals surface area contributed by atoms with E-state index in [0.29, 0.717) is 18.6 Å². The van der Waals surface area contributed by atoms with Crippen LogP contribution in [0.2, 0.25) is 0 Å². The SMILES string of the molecule is CCOc1cccc(C(=O)Cc2cn3ccsc3n2)c1. The first kappa shape index (κ1) is 12.9. The van der Waals surface area contributed by atoms with E-state index in [1.807, 2.05) is 47.3 Å². The highest BCUT2D eigenvalue weighted by atomic mass is 32.1. The highest BCUT2D eigenvalue weighted by Gasteiger charge is 2.11. The summed E-state index contributed by atoms with van der Waals surface area (Å²) in [5.41, 5.74) is 1.45. The number of aromatic nitrogens is 2. The van der Waals surface area contributed by atoms with Crippen LogP contribution in [0.15, 0.2) is 42.0 Å². The highest BCUT2D eigenvalue weighted by molar-refractivity contribution is 7.15. The normalized spacial score (nSPS) is 10.8. The second-order valence-corrected chi connectivity index (χ2v) is 5.26. The number of rotatable bonds is 5. The van der Waals surface area contributed by atoms with Crippen LogP contribution in [0.4, 0.5) is 0 Å². The maximum Gasteiger partial charge on any atom is 0.193 e. The van der Waals surface area contributed by atoms with Crippen LogP contribution in [0.1, 0.15) is 23.0 Å². The average molecular weight is 286 g/mol. The molecule has 0 aliphatic heterocycles. The summed E-state index contributed by atoms with van der Waals surface area (Å²) >= 11 is 1.56. The number of ether oxygens (including phenoxy) is 1. The van der Waals surface area contributed by atoms with Gasteiger partial charge in [-0.05, 0) is 19.1 Å². The largest absolute Gasteiger partial charge is 0.494 e. The van der Waals surface area contributed by atoms with Crippen molar-refractivity contribution >= 4 is 22.1 Å². The molecule has 0 saturated carbocycles. The molecule has 0 amide bonds. The molecule has 0 aliphatic carbocycles. The number of fused-ring (bicyclic) bond motifs is 1. The number of carbonyl (C=O) groups is 1. The molecule has 0 radical (unpaired) electrons. The molecular weight excluding hydrogens is 272 g/mol. The second kappa shape index (κ2) is 5.46. The lowest BCUT2D eigenvalue weighted by atomic mass is 10.1. The van der Waals surface area contributed by atoms with Gasteiger partial charge in [-0.25, -0.2) is 4.98 Å². The van der Waals surface area contributed by atoms with Gasteiger partial charge in [0.05, 0.1) is 18.7 Å². The van der Waals surface area contributed by atoms with E-state index in [1.54, 1.807) is 17.4 Å². The van der Waals surface area contributed by atoms with Crippen LogP contribution in [0.5, 0.6) is 5.75 Å². The summed E-state index contributed by atoms with van der Waals surface area (Å²) in [5.74, 6) is 0.779. The molecular formula is C15H14N2O2S. The molecule has 0 aliphatic rings. The lowest BCUT2D eigenvalue weighted by Crippen LogP contribution is -2.04. The molecule has 20 heavy (non-hydrogen) atoms. The Morgan fingerprint density at radius 3 is 3.15 bits per heavy atom. The first-order chi connectivity index (χ1) is 9.76. The monoisotopic (exact) mass is 286 g/mol. The summed E-state index contributed by atoms with van der Waals surface area (Å²) in [6, 6.07) is 7.28. The van der Waals surface area contributed by atoms with Gasteiger partial charge in [-0.2, -0.15) is 0 Å². The van der Waals surface area contributed by atoms with Crippen LogP contribution < -0.4 is 4.74 Å². The molecule has 0 spiro atoms. The summed E-state index contributed by atoms with van der Waals surface area (Å²) in [6.45, 7) is 2.52. The van der Waals surface area contributed by atoms with Gasteiger partial charge in [0.2, 0.25) is 0 Å². The van der Waals surface area contributed by atoms with Gasteiger partial charge in [0.1, 0.15) is 5.75 Å². The Morgan fingerprint density at radius 2 is 2.35 bits per heavy atom. The van der Waals surface area contributed by atoms with E-state index in [-0.39, 0.29) is 5.78 Å². The first-order valence-electron chi connectivity index (χ1n) is 6.43. The van der Waals surface area contributed by atoms with Crippen molar-refractivity contribution in [2.75, 3.05) is 6.61 Å². The zero-order valence-electron chi connectivity index (χ0n) is 11.1. The van der Waals surface area contributed by atoms with Gasteiger partial charge in [0, 0.05) is 23.3 Å². The fourth-order valence-corrected chi connectivity index (χ4v) is 2.77. The number of ketones is 1. The summed E-state index contributed by atoms with van der Waals surface area (Å²) in [4.78, 5) is 17.6. The quantitative estimate of drug-likeness (QED) is 0.676. The minimum absolute atomic E-state index is 0.0531. The number of hydrogen-bond acceptors (Lipinski definition) is 4. The zero-order chi connectivity index (χ0) is 13.9. The van der Waals surface area contributed by atoms with Crippen LogP contribution in [-0.4, -0.2) is 21.8 Å².